The van der Waals surface area contributed by atoms with Gasteiger partial charge in [0.25, 0.3) is 5.56 Å². The van der Waals surface area contributed by atoms with Gasteiger partial charge in [-0.25, -0.2) is 9.59 Å². The molecule has 0 aliphatic rings. The molecule has 1 atom stereocenters. The Morgan fingerprint density at radius 1 is 1.50 bits per heavy atom. The summed E-state index contributed by atoms with van der Waals surface area (Å²) in [6.07, 6.45) is 6.00. The normalized spacial score (nSPS) is 11.4. The second kappa shape index (κ2) is 6.38. The summed E-state index contributed by atoms with van der Waals surface area (Å²) in [7, 11) is 1.28. The molecule has 0 aliphatic carbocycles. The predicted octanol–water partition coefficient (Wildman–Crippen LogP) is -1.86. The highest BCUT2D eigenvalue weighted by molar-refractivity contribution is 5.83. The molecule has 0 aliphatic heterocycles. The van der Waals surface area contributed by atoms with Crippen molar-refractivity contribution in [1.82, 2.24) is 14.5 Å². The number of nitrogens with one attached hydrogen (secondary N) is 1. The van der Waals surface area contributed by atoms with Crippen LogP contribution in [0.3, 0.4) is 0 Å². The van der Waals surface area contributed by atoms with Crippen molar-refractivity contribution in [3.8, 4) is 12.3 Å². The van der Waals surface area contributed by atoms with E-state index < -0.39 is 35.7 Å². The Kier molecular flexibility index (Phi) is 4.86. The van der Waals surface area contributed by atoms with Crippen molar-refractivity contribution >= 4 is 11.9 Å². The van der Waals surface area contributed by atoms with Crippen molar-refractivity contribution in [2.45, 2.75) is 19.0 Å². The van der Waals surface area contributed by atoms with Crippen LogP contribution in [0.1, 0.15) is 6.42 Å². The van der Waals surface area contributed by atoms with E-state index in [-0.39, 0.29) is 6.42 Å². The van der Waals surface area contributed by atoms with E-state index >= 15 is 0 Å². The molecule has 0 spiro atoms. The number of amides is 1. The molecule has 1 aromatic rings. The third-order valence-electron chi connectivity index (χ3n) is 2.53. The van der Waals surface area contributed by atoms with Crippen LogP contribution >= 0.6 is 0 Å². The van der Waals surface area contributed by atoms with Crippen LogP contribution in [0.2, 0.25) is 0 Å². The monoisotopic (exact) mass is 279 g/mol. The van der Waals surface area contributed by atoms with Gasteiger partial charge in [0.2, 0.25) is 5.91 Å². The lowest BCUT2D eigenvalue weighted by Gasteiger charge is -2.12. The summed E-state index contributed by atoms with van der Waals surface area (Å²) >= 11 is 0. The summed E-state index contributed by atoms with van der Waals surface area (Å²) in [5.74, 6) is 0.190. The van der Waals surface area contributed by atoms with Gasteiger partial charge < -0.3 is 10.4 Å². The van der Waals surface area contributed by atoms with E-state index in [4.69, 9.17) is 11.5 Å². The topological polar surface area (TPSA) is 110 Å². The molecule has 1 heterocycles. The van der Waals surface area contributed by atoms with E-state index in [0.29, 0.717) is 0 Å². The van der Waals surface area contributed by atoms with E-state index in [1.165, 1.54) is 13.2 Å². The minimum atomic E-state index is -1.26. The number of terminal acetylenes is 1. The van der Waals surface area contributed by atoms with E-state index in [0.717, 1.165) is 15.2 Å². The Morgan fingerprint density at radius 2 is 2.15 bits per heavy atom. The maximum atomic E-state index is 11.7. The van der Waals surface area contributed by atoms with Gasteiger partial charge in [-0.2, -0.15) is 0 Å². The van der Waals surface area contributed by atoms with Gasteiger partial charge in [-0.05, 0) is 0 Å². The Balaban J connectivity index is 2.85. The number of aromatic nitrogens is 2. The number of aliphatic carboxylic acids is 1. The van der Waals surface area contributed by atoms with E-state index in [1.54, 1.807) is 0 Å². The van der Waals surface area contributed by atoms with Gasteiger partial charge in [-0.15, -0.1) is 12.3 Å². The molecule has 8 heteroatoms. The molecular weight excluding hydrogens is 266 g/mol. The standard InChI is InChI=1S/C12H13N3O5/c1-3-4-8(11(18)19)13-9(16)7-15-6-5-10(17)14(2)12(15)20/h1,5-6,8H,4,7H2,2H3,(H,13,16)(H,18,19). The average Bonchev–Trinajstić information content (AvgIpc) is 2.39. The maximum absolute atomic E-state index is 11.7. The third kappa shape index (κ3) is 3.58. The summed E-state index contributed by atoms with van der Waals surface area (Å²) in [5.41, 5.74) is -1.17. The SMILES string of the molecule is C#CCC(NC(=O)Cn1ccc(=O)n(C)c1=O)C(=O)O. The first-order valence-corrected chi connectivity index (χ1v) is 5.59. The first-order valence-electron chi connectivity index (χ1n) is 5.59. The molecule has 1 amide bonds. The first-order chi connectivity index (χ1) is 9.36. The number of carboxylic acid groups (broad SMARTS) is 1. The fraction of sp³-hybridized carbons (Fsp3) is 0.333. The van der Waals surface area contributed by atoms with Crippen LogP contribution in [-0.4, -0.2) is 32.2 Å². The molecule has 0 saturated heterocycles. The van der Waals surface area contributed by atoms with Crippen molar-refractivity contribution < 1.29 is 14.7 Å². The van der Waals surface area contributed by atoms with Crippen LogP contribution < -0.4 is 16.6 Å². The fourth-order valence-electron chi connectivity index (χ4n) is 1.45. The second-order valence-electron chi connectivity index (χ2n) is 3.99. The Hall–Kier alpha value is -2.82. The number of hydrogen-bond acceptors (Lipinski definition) is 4. The van der Waals surface area contributed by atoms with Gasteiger partial charge in [0.15, 0.2) is 0 Å². The minimum Gasteiger partial charge on any atom is -0.480 e. The van der Waals surface area contributed by atoms with Crippen LogP contribution in [0.5, 0.6) is 0 Å². The molecule has 0 aromatic carbocycles. The summed E-state index contributed by atoms with van der Waals surface area (Å²) in [4.78, 5) is 45.3. The number of carbonyl (C=O) groups excluding carboxylic acids is 1. The molecule has 106 valence electrons. The molecule has 1 aromatic heterocycles. The van der Waals surface area contributed by atoms with E-state index in [9.17, 15) is 19.2 Å². The summed E-state index contributed by atoms with van der Waals surface area (Å²) in [6.45, 7) is -0.401. The molecule has 0 radical (unpaired) electrons. The summed E-state index contributed by atoms with van der Waals surface area (Å²) in [5, 5.41) is 11.0. The highest BCUT2D eigenvalue weighted by Gasteiger charge is 2.19. The predicted molar refractivity (Wildman–Crippen MR) is 69.0 cm³/mol. The molecule has 0 bridgehead atoms. The van der Waals surface area contributed by atoms with Gasteiger partial charge in [0, 0.05) is 25.7 Å². The van der Waals surface area contributed by atoms with Crippen molar-refractivity contribution in [1.29, 1.82) is 0 Å². The molecule has 0 fully saturated rings. The average molecular weight is 279 g/mol. The van der Waals surface area contributed by atoms with Crippen molar-refractivity contribution in [2.75, 3.05) is 0 Å². The highest BCUT2D eigenvalue weighted by atomic mass is 16.4. The van der Waals surface area contributed by atoms with E-state index in [2.05, 4.69) is 11.2 Å². The van der Waals surface area contributed by atoms with Crippen LogP contribution in [0.4, 0.5) is 0 Å². The van der Waals surface area contributed by atoms with Gasteiger partial charge in [-0.3, -0.25) is 18.7 Å². The Labute approximate surface area is 113 Å². The van der Waals surface area contributed by atoms with Crippen LogP contribution in [0, 0.1) is 12.3 Å². The minimum absolute atomic E-state index is 0.163. The zero-order chi connectivity index (χ0) is 15.3. The lowest BCUT2D eigenvalue weighted by molar-refractivity contribution is -0.141. The molecule has 0 saturated carbocycles. The zero-order valence-electron chi connectivity index (χ0n) is 10.7. The number of hydrogen-bond donors (Lipinski definition) is 2. The quantitative estimate of drug-likeness (QED) is 0.614. The maximum Gasteiger partial charge on any atom is 0.331 e. The first kappa shape index (κ1) is 15.2. The molecule has 8 nitrogen and oxygen atoms in total. The third-order valence-corrected chi connectivity index (χ3v) is 2.53. The highest BCUT2D eigenvalue weighted by Crippen LogP contribution is 1.91. The molecule has 20 heavy (non-hydrogen) atoms. The molecule has 1 unspecified atom stereocenters. The van der Waals surface area contributed by atoms with Crippen LogP contribution in [0.25, 0.3) is 0 Å². The second-order valence-corrected chi connectivity index (χ2v) is 3.99. The number of rotatable bonds is 5. The van der Waals surface area contributed by atoms with E-state index in [1.807, 2.05) is 0 Å². The van der Waals surface area contributed by atoms with Gasteiger partial charge in [0.1, 0.15) is 12.6 Å². The molecule has 1 rings (SSSR count). The van der Waals surface area contributed by atoms with Gasteiger partial charge >= 0.3 is 11.7 Å². The molecule has 2 N–H and O–H groups in total. The van der Waals surface area contributed by atoms with Gasteiger partial charge in [-0.1, -0.05) is 0 Å². The smallest absolute Gasteiger partial charge is 0.331 e. The lowest BCUT2D eigenvalue weighted by atomic mass is 10.2. The van der Waals surface area contributed by atoms with Crippen molar-refractivity contribution in [3.63, 3.8) is 0 Å². The van der Waals surface area contributed by atoms with Gasteiger partial charge in [0.05, 0.1) is 0 Å². The Bertz CT molecular complexity index is 680. The summed E-state index contributed by atoms with van der Waals surface area (Å²) in [6, 6.07) is -0.0825. The van der Waals surface area contributed by atoms with Crippen molar-refractivity contribution in [2.24, 2.45) is 7.05 Å². The fourth-order valence-corrected chi connectivity index (χ4v) is 1.45. The van der Waals surface area contributed by atoms with Crippen molar-refractivity contribution in [3.05, 3.63) is 33.1 Å². The largest absolute Gasteiger partial charge is 0.480 e. The number of nitrogens with zero attached hydrogens (tertiary/aromatic N) is 2. The lowest BCUT2D eigenvalue weighted by Crippen LogP contribution is -2.45. The number of carboxylic acids is 1. The summed E-state index contributed by atoms with van der Waals surface area (Å²) < 4.78 is 1.83. The van der Waals surface area contributed by atoms with Crippen LogP contribution in [0.15, 0.2) is 21.9 Å². The Morgan fingerprint density at radius 3 is 2.70 bits per heavy atom. The zero-order valence-corrected chi connectivity index (χ0v) is 10.7. The number of carbonyl (C=O) groups is 2. The molecular formula is C12H13N3O5. The van der Waals surface area contributed by atoms with Crippen LogP contribution in [-0.2, 0) is 23.2 Å².